The van der Waals surface area contributed by atoms with Gasteiger partial charge in [-0.3, -0.25) is 5.01 Å². The summed E-state index contributed by atoms with van der Waals surface area (Å²) in [5.41, 5.74) is 9.78. The molecule has 0 saturated carbocycles. The summed E-state index contributed by atoms with van der Waals surface area (Å²) in [5.74, 6) is 0.495. The van der Waals surface area contributed by atoms with Gasteiger partial charge in [-0.05, 0) is 30.7 Å². The second-order valence-corrected chi connectivity index (χ2v) is 3.80. The van der Waals surface area contributed by atoms with E-state index >= 15 is 0 Å². The van der Waals surface area contributed by atoms with E-state index in [0.29, 0.717) is 11.0 Å². The summed E-state index contributed by atoms with van der Waals surface area (Å²) in [5, 5.41) is 2.56. The van der Waals surface area contributed by atoms with Gasteiger partial charge in [-0.2, -0.15) is 0 Å². The lowest BCUT2D eigenvalue weighted by molar-refractivity contribution is 0.399. The summed E-state index contributed by atoms with van der Waals surface area (Å²) in [7, 11) is 0. The molecule has 1 aliphatic heterocycles. The molecule has 4 nitrogen and oxygen atoms in total. The zero-order chi connectivity index (χ0) is 10.7. The van der Waals surface area contributed by atoms with Crippen LogP contribution < -0.4 is 11.2 Å². The van der Waals surface area contributed by atoms with Crippen LogP contribution in [-0.4, -0.2) is 24.1 Å². The molecule has 1 aromatic rings. The molecule has 15 heavy (non-hydrogen) atoms. The molecule has 80 valence electrons. The first-order chi connectivity index (χ1) is 7.25. The maximum absolute atomic E-state index is 5.83. The topological polar surface area (TPSA) is 53.6 Å². The van der Waals surface area contributed by atoms with Gasteiger partial charge >= 0.3 is 0 Å². The van der Waals surface area contributed by atoms with Crippen molar-refractivity contribution >= 4 is 23.2 Å². The fraction of sp³-hybridized carbons (Fsp3) is 0.300. The summed E-state index contributed by atoms with van der Waals surface area (Å²) >= 11 is 5.77. The predicted octanol–water partition coefficient (Wildman–Crippen LogP) is 1.50. The molecule has 0 radical (unpaired) electrons. The fourth-order valence-corrected chi connectivity index (χ4v) is 1.56. The number of guanidine groups is 1. The van der Waals surface area contributed by atoms with E-state index in [2.05, 4.69) is 10.4 Å². The Balaban J connectivity index is 2.11. The van der Waals surface area contributed by atoms with Gasteiger partial charge in [0.1, 0.15) is 0 Å². The van der Waals surface area contributed by atoms with Crippen LogP contribution >= 0.6 is 11.6 Å². The first-order valence-corrected chi connectivity index (χ1v) is 5.24. The minimum Gasteiger partial charge on any atom is -0.368 e. The van der Waals surface area contributed by atoms with Crippen LogP contribution in [0, 0.1) is 0 Å². The van der Waals surface area contributed by atoms with Crippen LogP contribution in [0.15, 0.2) is 29.3 Å². The number of nitrogens with one attached hydrogen (secondary N) is 1. The molecule has 1 aromatic carbocycles. The number of hydrogen-bond acceptors (Lipinski definition) is 2. The number of halogens is 1. The molecule has 0 amide bonds. The Morgan fingerprint density at radius 2 is 2.13 bits per heavy atom. The van der Waals surface area contributed by atoms with Gasteiger partial charge in [0.05, 0.1) is 5.69 Å². The Hall–Kier alpha value is -1.26. The minimum absolute atomic E-state index is 0.495. The molecule has 0 bridgehead atoms. The van der Waals surface area contributed by atoms with Gasteiger partial charge in [-0.15, -0.1) is 0 Å². The van der Waals surface area contributed by atoms with E-state index in [-0.39, 0.29) is 0 Å². The zero-order valence-corrected chi connectivity index (χ0v) is 9.04. The highest BCUT2D eigenvalue weighted by atomic mass is 35.5. The Morgan fingerprint density at radius 1 is 1.40 bits per heavy atom. The summed E-state index contributed by atoms with van der Waals surface area (Å²) in [6.07, 6.45) is 1.09. The molecule has 0 atom stereocenters. The number of nitrogens with zero attached hydrogens (tertiary/aromatic N) is 2. The standard InChI is InChI=1S/C10H13ClN4/c11-8-2-4-9(5-3-8)14-10(12)15-7-1-6-13-15/h2-5,13H,1,6-7H2,(H2,12,14). The number of hydrogen-bond donors (Lipinski definition) is 2. The fourth-order valence-electron chi connectivity index (χ4n) is 1.43. The monoisotopic (exact) mass is 224 g/mol. The molecule has 1 aliphatic rings. The van der Waals surface area contributed by atoms with Crippen LogP contribution in [0.1, 0.15) is 6.42 Å². The number of nitrogens with two attached hydrogens (primary N) is 1. The van der Waals surface area contributed by atoms with Gasteiger partial charge in [0.2, 0.25) is 5.96 Å². The lowest BCUT2D eigenvalue weighted by Crippen LogP contribution is -2.41. The summed E-state index contributed by atoms with van der Waals surface area (Å²) in [6, 6.07) is 7.27. The molecule has 2 rings (SSSR count). The van der Waals surface area contributed by atoms with Crippen molar-refractivity contribution in [1.82, 2.24) is 10.4 Å². The van der Waals surface area contributed by atoms with Gasteiger partial charge < -0.3 is 5.73 Å². The molecule has 5 heteroatoms. The van der Waals surface area contributed by atoms with Crippen LogP contribution in [-0.2, 0) is 0 Å². The third kappa shape index (κ3) is 2.61. The molecule has 0 aromatic heterocycles. The van der Waals surface area contributed by atoms with Crippen LogP contribution in [0.3, 0.4) is 0 Å². The second kappa shape index (κ2) is 4.51. The molecular weight excluding hydrogens is 212 g/mol. The van der Waals surface area contributed by atoms with Gasteiger partial charge in [-0.25, -0.2) is 10.4 Å². The van der Waals surface area contributed by atoms with Crippen molar-refractivity contribution in [3.05, 3.63) is 29.3 Å². The van der Waals surface area contributed by atoms with Crippen molar-refractivity contribution < 1.29 is 0 Å². The first kappa shape index (κ1) is 10.3. The van der Waals surface area contributed by atoms with Crippen molar-refractivity contribution in [2.24, 2.45) is 10.7 Å². The summed E-state index contributed by atoms with van der Waals surface area (Å²) in [6.45, 7) is 1.86. The average Bonchev–Trinajstić information content (AvgIpc) is 2.74. The predicted molar refractivity (Wildman–Crippen MR) is 62.1 cm³/mol. The molecule has 0 spiro atoms. The Morgan fingerprint density at radius 3 is 2.73 bits per heavy atom. The number of hydrazine groups is 1. The molecule has 0 unspecified atom stereocenters. The smallest absolute Gasteiger partial charge is 0.211 e. The van der Waals surface area contributed by atoms with Crippen LogP contribution in [0.5, 0.6) is 0 Å². The van der Waals surface area contributed by atoms with Crippen LogP contribution in [0.25, 0.3) is 0 Å². The van der Waals surface area contributed by atoms with E-state index < -0.39 is 0 Å². The number of rotatable bonds is 1. The molecule has 3 N–H and O–H groups in total. The van der Waals surface area contributed by atoms with Gasteiger partial charge in [0, 0.05) is 18.1 Å². The highest BCUT2D eigenvalue weighted by molar-refractivity contribution is 6.30. The maximum atomic E-state index is 5.83. The minimum atomic E-state index is 0.495. The van der Waals surface area contributed by atoms with Crippen molar-refractivity contribution in [3.8, 4) is 0 Å². The summed E-state index contributed by atoms with van der Waals surface area (Å²) in [4.78, 5) is 4.28. The van der Waals surface area contributed by atoms with E-state index in [9.17, 15) is 0 Å². The van der Waals surface area contributed by atoms with Gasteiger partial charge in [0.25, 0.3) is 0 Å². The van der Waals surface area contributed by atoms with E-state index in [0.717, 1.165) is 25.2 Å². The van der Waals surface area contributed by atoms with E-state index in [4.69, 9.17) is 17.3 Å². The van der Waals surface area contributed by atoms with Gasteiger partial charge in [0.15, 0.2) is 0 Å². The highest BCUT2D eigenvalue weighted by Crippen LogP contribution is 2.16. The molecule has 1 saturated heterocycles. The first-order valence-electron chi connectivity index (χ1n) is 4.86. The number of aliphatic imine (C=N–C) groups is 1. The van der Waals surface area contributed by atoms with Crippen molar-refractivity contribution in [2.75, 3.05) is 13.1 Å². The second-order valence-electron chi connectivity index (χ2n) is 3.36. The third-order valence-electron chi connectivity index (χ3n) is 2.21. The quantitative estimate of drug-likeness (QED) is 0.562. The molecule has 1 heterocycles. The van der Waals surface area contributed by atoms with Crippen LogP contribution in [0.4, 0.5) is 5.69 Å². The Kier molecular flexibility index (Phi) is 3.08. The molecular formula is C10H13ClN4. The maximum Gasteiger partial charge on any atom is 0.211 e. The summed E-state index contributed by atoms with van der Waals surface area (Å²) < 4.78 is 0. The Labute approximate surface area is 93.7 Å². The number of benzene rings is 1. The zero-order valence-electron chi connectivity index (χ0n) is 8.28. The average molecular weight is 225 g/mol. The lowest BCUT2D eigenvalue weighted by atomic mass is 10.3. The van der Waals surface area contributed by atoms with Crippen molar-refractivity contribution in [2.45, 2.75) is 6.42 Å². The van der Waals surface area contributed by atoms with E-state index in [1.165, 1.54) is 0 Å². The van der Waals surface area contributed by atoms with Crippen molar-refractivity contribution in [3.63, 3.8) is 0 Å². The largest absolute Gasteiger partial charge is 0.368 e. The normalized spacial score (nSPS) is 17.1. The Bertz CT molecular complexity index is 354. The third-order valence-corrected chi connectivity index (χ3v) is 2.46. The van der Waals surface area contributed by atoms with Gasteiger partial charge in [-0.1, -0.05) is 11.6 Å². The molecule has 1 fully saturated rings. The van der Waals surface area contributed by atoms with Crippen LogP contribution in [0.2, 0.25) is 5.02 Å². The lowest BCUT2D eigenvalue weighted by Gasteiger charge is -2.15. The van der Waals surface area contributed by atoms with Crippen molar-refractivity contribution in [1.29, 1.82) is 0 Å². The highest BCUT2D eigenvalue weighted by Gasteiger charge is 2.12. The van der Waals surface area contributed by atoms with E-state index in [1.54, 1.807) is 12.1 Å². The SMILES string of the molecule is NC(=Nc1ccc(Cl)cc1)N1CCCN1. The molecule has 0 aliphatic carbocycles. The van der Waals surface area contributed by atoms with E-state index in [1.807, 2.05) is 17.1 Å².